The lowest BCUT2D eigenvalue weighted by Gasteiger charge is -2.31. The second kappa shape index (κ2) is 11.2. The van der Waals surface area contributed by atoms with Gasteiger partial charge in [-0.05, 0) is 41.7 Å². The van der Waals surface area contributed by atoms with Crippen LogP contribution in [-0.2, 0) is 22.6 Å². The van der Waals surface area contributed by atoms with Gasteiger partial charge in [0.2, 0.25) is 11.8 Å². The normalized spacial score (nSPS) is 11.9. The van der Waals surface area contributed by atoms with Crippen molar-refractivity contribution in [1.82, 2.24) is 10.2 Å². The number of hydrogen-bond acceptors (Lipinski definition) is 2. The highest BCUT2D eigenvalue weighted by Gasteiger charge is 2.29. The zero-order valence-electron chi connectivity index (χ0n) is 17.1. The van der Waals surface area contributed by atoms with E-state index in [0.717, 1.165) is 11.1 Å². The Hall–Kier alpha value is -2.04. The molecule has 1 atom stereocenters. The number of nitrogens with one attached hydrogen (secondary N) is 1. The van der Waals surface area contributed by atoms with Gasteiger partial charge in [-0.25, -0.2) is 0 Å². The monoisotopic (exact) mass is 434 g/mol. The minimum absolute atomic E-state index is 0.140. The largest absolute Gasteiger partial charge is 0.354 e. The molecule has 0 spiro atoms. The van der Waals surface area contributed by atoms with Crippen LogP contribution in [0, 0.1) is 5.92 Å². The fraction of sp³-hybridized carbons (Fsp3) is 0.391. The van der Waals surface area contributed by atoms with Gasteiger partial charge in [0, 0.05) is 23.1 Å². The Balaban J connectivity index is 2.29. The van der Waals surface area contributed by atoms with E-state index in [2.05, 4.69) is 5.32 Å². The van der Waals surface area contributed by atoms with Crippen LogP contribution in [-0.4, -0.2) is 29.3 Å². The number of benzene rings is 2. The molecule has 0 heterocycles. The average molecular weight is 435 g/mol. The van der Waals surface area contributed by atoms with E-state index in [-0.39, 0.29) is 24.8 Å². The van der Waals surface area contributed by atoms with Crippen molar-refractivity contribution >= 4 is 35.0 Å². The molecule has 2 aromatic carbocycles. The van der Waals surface area contributed by atoms with Gasteiger partial charge in [-0.15, -0.1) is 0 Å². The molecule has 0 fully saturated rings. The van der Waals surface area contributed by atoms with Gasteiger partial charge in [0.05, 0.1) is 6.42 Å². The van der Waals surface area contributed by atoms with Gasteiger partial charge < -0.3 is 10.2 Å². The van der Waals surface area contributed by atoms with Gasteiger partial charge in [-0.3, -0.25) is 9.59 Å². The summed E-state index contributed by atoms with van der Waals surface area (Å²) in [6, 6.07) is 14.0. The molecule has 0 bridgehead atoms. The van der Waals surface area contributed by atoms with E-state index in [9.17, 15) is 9.59 Å². The Morgan fingerprint density at radius 3 is 2.41 bits per heavy atom. The van der Waals surface area contributed by atoms with Crippen molar-refractivity contribution in [2.45, 2.75) is 46.2 Å². The Labute approximate surface area is 183 Å². The van der Waals surface area contributed by atoms with Crippen molar-refractivity contribution in [3.8, 4) is 0 Å². The first kappa shape index (κ1) is 23.2. The molecule has 2 rings (SSSR count). The van der Waals surface area contributed by atoms with Gasteiger partial charge >= 0.3 is 0 Å². The summed E-state index contributed by atoms with van der Waals surface area (Å²) in [5, 5.41) is 4.11. The fourth-order valence-corrected chi connectivity index (χ4v) is 3.48. The Bertz CT molecular complexity index is 839. The molecule has 0 aromatic heterocycles. The van der Waals surface area contributed by atoms with Gasteiger partial charge in [0.25, 0.3) is 0 Å². The van der Waals surface area contributed by atoms with Crippen LogP contribution in [0.2, 0.25) is 10.0 Å². The zero-order chi connectivity index (χ0) is 21.4. The number of amides is 2. The third-order valence-electron chi connectivity index (χ3n) is 4.61. The van der Waals surface area contributed by atoms with E-state index in [1.54, 1.807) is 23.1 Å². The summed E-state index contributed by atoms with van der Waals surface area (Å²) in [7, 11) is 0. The topological polar surface area (TPSA) is 49.4 Å². The number of carbonyl (C=O) groups excluding carboxylic acids is 2. The Kier molecular flexibility index (Phi) is 8.99. The highest BCUT2D eigenvalue weighted by molar-refractivity contribution is 6.31. The molecule has 0 aliphatic carbocycles. The first-order valence-electron chi connectivity index (χ1n) is 9.86. The second-order valence-electron chi connectivity index (χ2n) is 7.48. The summed E-state index contributed by atoms with van der Waals surface area (Å²) in [6.07, 6.45) is 0.675. The maximum atomic E-state index is 13.2. The third-order valence-corrected chi connectivity index (χ3v) is 5.22. The van der Waals surface area contributed by atoms with Crippen LogP contribution >= 0.6 is 23.2 Å². The minimum Gasteiger partial charge on any atom is -0.354 e. The van der Waals surface area contributed by atoms with Gasteiger partial charge in [-0.1, -0.05) is 74.3 Å². The molecule has 29 heavy (non-hydrogen) atoms. The molecule has 1 unspecified atom stereocenters. The van der Waals surface area contributed by atoms with E-state index in [1.165, 1.54) is 0 Å². The molecular formula is C23H28Cl2N2O2. The smallest absolute Gasteiger partial charge is 0.242 e. The molecule has 156 valence electrons. The van der Waals surface area contributed by atoms with Crippen LogP contribution in [0.15, 0.2) is 48.5 Å². The lowest BCUT2D eigenvalue weighted by Crippen LogP contribution is -2.50. The van der Waals surface area contributed by atoms with Crippen molar-refractivity contribution in [3.63, 3.8) is 0 Å². The van der Waals surface area contributed by atoms with Crippen LogP contribution in [0.5, 0.6) is 0 Å². The standard InChI is InChI=1S/C23H28Cl2N2O2/c1-4-21(23(29)26-14-16(2)3)27(15-18-9-5-6-11-20(18)25)22(28)13-17-8-7-10-19(24)12-17/h5-12,16,21H,4,13-15H2,1-3H3,(H,26,29). The first-order chi connectivity index (χ1) is 13.8. The van der Waals surface area contributed by atoms with Crippen molar-refractivity contribution in [2.75, 3.05) is 6.54 Å². The second-order valence-corrected chi connectivity index (χ2v) is 8.33. The van der Waals surface area contributed by atoms with Gasteiger partial charge in [0.15, 0.2) is 0 Å². The molecule has 0 radical (unpaired) electrons. The molecule has 2 amide bonds. The summed E-state index contributed by atoms with van der Waals surface area (Å²) < 4.78 is 0. The van der Waals surface area contributed by atoms with E-state index in [4.69, 9.17) is 23.2 Å². The van der Waals surface area contributed by atoms with E-state index >= 15 is 0 Å². The Morgan fingerprint density at radius 1 is 1.07 bits per heavy atom. The number of carbonyl (C=O) groups is 2. The number of hydrogen-bond donors (Lipinski definition) is 1. The SMILES string of the molecule is CCC(C(=O)NCC(C)C)N(Cc1ccccc1Cl)C(=O)Cc1cccc(Cl)c1. The maximum Gasteiger partial charge on any atom is 0.242 e. The fourth-order valence-electron chi connectivity index (χ4n) is 3.08. The minimum atomic E-state index is -0.572. The van der Waals surface area contributed by atoms with Crippen LogP contribution in [0.1, 0.15) is 38.3 Å². The van der Waals surface area contributed by atoms with Crippen molar-refractivity contribution < 1.29 is 9.59 Å². The molecule has 0 aliphatic heterocycles. The maximum absolute atomic E-state index is 13.2. The number of halogens is 2. The van der Waals surface area contributed by atoms with E-state index in [1.807, 2.05) is 51.1 Å². The summed E-state index contributed by atoms with van der Waals surface area (Å²) in [5.41, 5.74) is 1.62. The lowest BCUT2D eigenvalue weighted by molar-refractivity contribution is -0.141. The lowest BCUT2D eigenvalue weighted by atomic mass is 10.1. The molecular weight excluding hydrogens is 407 g/mol. The van der Waals surface area contributed by atoms with Crippen molar-refractivity contribution in [1.29, 1.82) is 0 Å². The molecule has 0 saturated heterocycles. The van der Waals surface area contributed by atoms with Crippen LogP contribution in [0.4, 0.5) is 0 Å². The Morgan fingerprint density at radius 2 is 1.79 bits per heavy atom. The highest BCUT2D eigenvalue weighted by atomic mass is 35.5. The molecule has 2 aromatic rings. The predicted octanol–water partition coefficient (Wildman–Crippen LogP) is 5.12. The van der Waals surface area contributed by atoms with Gasteiger partial charge in [-0.2, -0.15) is 0 Å². The third kappa shape index (κ3) is 7.06. The van der Waals surface area contributed by atoms with Crippen molar-refractivity contribution in [2.24, 2.45) is 5.92 Å². The summed E-state index contributed by atoms with van der Waals surface area (Å²) in [5.74, 6) is 0.0436. The molecule has 0 saturated carbocycles. The van der Waals surface area contributed by atoms with Gasteiger partial charge in [0.1, 0.15) is 6.04 Å². The summed E-state index contributed by atoms with van der Waals surface area (Å²) >= 11 is 12.4. The van der Waals surface area contributed by atoms with Crippen molar-refractivity contribution in [3.05, 3.63) is 69.7 Å². The summed E-state index contributed by atoms with van der Waals surface area (Å²) in [6.45, 7) is 6.82. The predicted molar refractivity (Wildman–Crippen MR) is 119 cm³/mol. The highest BCUT2D eigenvalue weighted by Crippen LogP contribution is 2.21. The quantitative estimate of drug-likeness (QED) is 0.595. The zero-order valence-corrected chi connectivity index (χ0v) is 18.6. The average Bonchev–Trinajstić information content (AvgIpc) is 2.67. The summed E-state index contributed by atoms with van der Waals surface area (Å²) in [4.78, 5) is 27.7. The van der Waals surface area contributed by atoms with Crippen LogP contribution in [0.3, 0.4) is 0 Å². The van der Waals surface area contributed by atoms with Crippen LogP contribution in [0.25, 0.3) is 0 Å². The van der Waals surface area contributed by atoms with E-state index in [0.29, 0.717) is 28.9 Å². The molecule has 6 heteroatoms. The number of rotatable bonds is 9. The van der Waals surface area contributed by atoms with Crippen LogP contribution < -0.4 is 5.32 Å². The molecule has 1 N–H and O–H groups in total. The molecule has 4 nitrogen and oxygen atoms in total. The molecule has 0 aliphatic rings. The first-order valence-corrected chi connectivity index (χ1v) is 10.6. The number of nitrogens with zero attached hydrogens (tertiary/aromatic N) is 1. The van der Waals surface area contributed by atoms with E-state index < -0.39 is 6.04 Å².